The Hall–Kier alpha value is -2.12. The van der Waals surface area contributed by atoms with Crippen LogP contribution in [0.5, 0.6) is 0 Å². The average molecular weight is 459 g/mol. The Labute approximate surface area is 191 Å². The number of nitrogens with one attached hydrogen (secondary N) is 1. The van der Waals surface area contributed by atoms with Crippen molar-refractivity contribution in [3.63, 3.8) is 0 Å². The second kappa shape index (κ2) is 9.57. The molecule has 0 aliphatic rings. The third-order valence-corrected chi connectivity index (χ3v) is 6.84. The first-order chi connectivity index (χ1) is 14.6. The molecule has 0 amide bonds. The van der Waals surface area contributed by atoms with E-state index in [2.05, 4.69) is 9.88 Å². The first kappa shape index (κ1) is 23.5. The molecular formula is C24H27ClN2O3S. The number of hydrogen-bond donors (Lipinski definition) is 1. The van der Waals surface area contributed by atoms with Crippen molar-refractivity contribution in [1.82, 2.24) is 9.88 Å². The van der Waals surface area contributed by atoms with E-state index in [1.807, 2.05) is 52.8 Å². The minimum atomic E-state index is -1.28. The van der Waals surface area contributed by atoms with Gasteiger partial charge in [-0.2, -0.15) is 0 Å². The van der Waals surface area contributed by atoms with Gasteiger partial charge in [-0.05, 0) is 63.9 Å². The van der Waals surface area contributed by atoms with Gasteiger partial charge in [0.25, 0.3) is 0 Å². The molecule has 0 spiro atoms. The second-order valence-corrected chi connectivity index (χ2v) is 10.8. The van der Waals surface area contributed by atoms with Crippen molar-refractivity contribution in [2.75, 3.05) is 0 Å². The minimum Gasteiger partial charge on any atom is -0.598 e. The van der Waals surface area contributed by atoms with Crippen LogP contribution in [0.3, 0.4) is 0 Å². The number of ketones is 1. The smallest absolute Gasteiger partial charge is 0.193 e. The number of aromatic nitrogens is 1. The van der Waals surface area contributed by atoms with Gasteiger partial charge in [-0.1, -0.05) is 47.9 Å². The van der Waals surface area contributed by atoms with Crippen LogP contribution in [0.1, 0.15) is 67.5 Å². The van der Waals surface area contributed by atoms with Gasteiger partial charge in [-0.25, -0.2) is 0 Å². The summed E-state index contributed by atoms with van der Waals surface area (Å²) < 4.78 is 21.0. The van der Waals surface area contributed by atoms with Crippen LogP contribution in [0.4, 0.5) is 0 Å². The summed E-state index contributed by atoms with van der Waals surface area (Å²) in [5, 5.41) is 4.86. The summed E-state index contributed by atoms with van der Waals surface area (Å²) >= 11 is 4.70. The SMILES string of the molecule is CC[C@H](N[S+]([O-])C(C)(C)C)c1noc(C)c1-c1ccccc1C(=O)c1ccc(Cl)cc1. The highest BCUT2D eigenvalue weighted by Crippen LogP contribution is 2.36. The van der Waals surface area contributed by atoms with E-state index in [1.54, 1.807) is 30.3 Å². The molecule has 1 N–H and O–H groups in total. The summed E-state index contributed by atoms with van der Waals surface area (Å²) in [4.78, 5) is 13.3. The van der Waals surface area contributed by atoms with Gasteiger partial charge in [0.15, 0.2) is 5.78 Å². The molecular weight excluding hydrogens is 432 g/mol. The lowest BCUT2D eigenvalue weighted by Crippen LogP contribution is -2.41. The monoisotopic (exact) mass is 458 g/mol. The molecule has 0 bridgehead atoms. The molecule has 31 heavy (non-hydrogen) atoms. The molecule has 1 aromatic heterocycles. The van der Waals surface area contributed by atoms with Gasteiger partial charge in [-0.3, -0.25) is 4.79 Å². The van der Waals surface area contributed by atoms with E-state index in [0.717, 1.165) is 11.1 Å². The predicted octanol–water partition coefficient (Wildman–Crippen LogP) is 6.04. The van der Waals surface area contributed by atoms with Crippen LogP contribution in [-0.2, 0) is 11.4 Å². The van der Waals surface area contributed by atoms with Gasteiger partial charge >= 0.3 is 0 Å². The molecule has 2 aromatic carbocycles. The summed E-state index contributed by atoms with van der Waals surface area (Å²) in [6, 6.07) is 13.9. The summed E-state index contributed by atoms with van der Waals surface area (Å²) in [5.74, 6) is 0.492. The Bertz CT molecular complexity index is 1060. The van der Waals surface area contributed by atoms with Crippen molar-refractivity contribution >= 4 is 28.7 Å². The molecule has 164 valence electrons. The van der Waals surface area contributed by atoms with Crippen LogP contribution in [0.2, 0.25) is 5.02 Å². The van der Waals surface area contributed by atoms with Gasteiger partial charge in [0.05, 0.1) is 11.6 Å². The molecule has 0 aliphatic carbocycles. The van der Waals surface area contributed by atoms with Crippen LogP contribution in [-0.4, -0.2) is 20.2 Å². The topological polar surface area (TPSA) is 78.2 Å². The van der Waals surface area contributed by atoms with E-state index in [9.17, 15) is 9.35 Å². The number of carbonyl (C=O) groups is 1. The summed E-state index contributed by atoms with van der Waals surface area (Å²) in [7, 11) is 0. The van der Waals surface area contributed by atoms with Crippen LogP contribution in [0.25, 0.3) is 11.1 Å². The highest BCUT2D eigenvalue weighted by atomic mass is 35.5. The molecule has 1 unspecified atom stereocenters. The first-order valence-corrected chi connectivity index (χ1v) is 11.7. The summed E-state index contributed by atoms with van der Waals surface area (Å²) in [5.41, 5.74) is 3.23. The largest absolute Gasteiger partial charge is 0.598 e. The Morgan fingerprint density at radius 2 is 1.84 bits per heavy atom. The van der Waals surface area contributed by atoms with Crippen molar-refractivity contribution in [1.29, 1.82) is 0 Å². The molecule has 3 rings (SSSR count). The van der Waals surface area contributed by atoms with Crippen molar-refractivity contribution in [2.24, 2.45) is 0 Å². The lowest BCUT2D eigenvalue weighted by molar-refractivity contribution is 0.103. The van der Waals surface area contributed by atoms with Gasteiger partial charge in [0, 0.05) is 27.5 Å². The molecule has 0 saturated heterocycles. The maximum Gasteiger partial charge on any atom is 0.193 e. The zero-order valence-electron chi connectivity index (χ0n) is 18.4. The van der Waals surface area contributed by atoms with E-state index in [4.69, 9.17) is 16.1 Å². The predicted molar refractivity (Wildman–Crippen MR) is 126 cm³/mol. The third kappa shape index (κ3) is 5.21. The number of nitrogens with zero attached hydrogens (tertiary/aromatic N) is 1. The van der Waals surface area contributed by atoms with Crippen molar-refractivity contribution in [3.05, 3.63) is 76.1 Å². The summed E-state index contributed by atoms with van der Waals surface area (Å²) in [6.07, 6.45) is 0.661. The molecule has 0 aliphatic heterocycles. The molecule has 5 nitrogen and oxygen atoms in total. The quantitative estimate of drug-likeness (QED) is 0.345. The van der Waals surface area contributed by atoms with Crippen LogP contribution in [0.15, 0.2) is 53.1 Å². The number of hydrogen-bond acceptors (Lipinski definition) is 5. The normalized spacial score (nSPS) is 13.8. The van der Waals surface area contributed by atoms with Crippen LogP contribution in [0, 0.1) is 6.92 Å². The molecule has 0 fully saturated rings. The number of carbonyl (C=O) groups excluding carboxylic acids is 1. The highest BCUT2D eigenvalue weighted by Gasteiger charge is 2.33. The van der Waals surface area contributed by atoms with Crippen molar-refractivity contribution < 1.29 is 13.9 Å². The maximum absolute atomic E-state index is 13.3. The third-order valence-electron chi connectivity index (χ3n) is 4.98. The fraction of sp³-hybridized carbons (Fsp3) is 0.333. The number of halogens is 1. The summed E-state index contributed by atoms with van der Waals surface area (Å²) in [6.45, 7) is 9.56. The average Bonchev–Trinajstić information content (AvgIpc) is 3.12. The zero-order valence-corrected chi connectivity index (χ0v) is 19.9. The minimum absolute atomic E-state index is 0.113. The zero-order chi connectivity index (χ0) is 22.8. The fourth-order valence-corrected chi connectivity index (χ4v) is 4.27. The van der Waals surface area contributed by atoms with E-state index in [0.29, 0.717) is 34.0 Å². The second-order valence-electron chi connectivity index (χ2n) is 8.34. The van der Waals surface area contributed by atoms with Gasteiger partial charge in [-0.15, -0.1) is 4.72 Å². The fourth-order valence-electron chi connectivity index (χ4n) is 3.25. The van der Waals surface area contributed by atoms with E-state index in [1.165, 1.54) is 0 Å². The van der Waals surface area contributed by atoms with Crippen molar-refractivity contribution in [2.45, 2.75) is 51.8 Å². The Morgan fingerprint density at radius 1 is 1.19 bits per heavy atom. The number of aryl methyl sites for hydroxylation is 1. The Kier molecular flexibility index (Phi) is 7.27. The standard InChI is InChI=1S/C24H27ClN2O3S/c1-6-20(27-31(29)24(3,4)5)22-21(15(2)30-26-22)18-9-7-8-10-19(18)23(28)16-11-13-17(25)14-12-16/h7-14,20,27H,6H2,1-5H3/t20-,31?/m0/s1. The number of benzene rings is 2. The van der Waals surface area contributed by atoms with Gasteiger partial charge < -0.3 is 9.08 Å². The Balaban J connectivity index is 2.06. The van der Waals surface area contributed by atoms with E-state index < -0.39 is 16.1 Å². The van der Waals surface area contributed by atoms with Crippen LogP contribution >= 0.6 is 11.6 Å². The molecule has 7 heteroatoms. The molecule has 3 aromatic rings. The van der Waals surface area contributed by atoms with Gasteiger partial charge in [0.1, 0.15) is 16.2 Å². The van der Waals surface area contributed by atoms with Crippen molar-refractivity contribution in [3.8, 4) is 11.1 Å². The Morgan fingerprint density at radius 3 is 2.45 bits per heavy atom. The maximum atomic E-state index is 13.3. The molecule has 1 heterocycles. The molecule has 0 radical (unpaired) electrons. The molecule has 0 saturated carbocycles. The lowest BCUT2D eigenvalue weighted by Gasteiger charge is -2.27. The highest BCUT2D eigenvalue weighted by molar-refractivity contribution is 7.90. The first-order valence-electron chi connectivity index (χ1n) is 10.2. The van der Waals surface area contributed by atoms with E-state index >= 15 is 0 Å². The van der Waals surface area contributed by atoms with Gasteiger partial charge in [0.2, 0.25) is 0 Å². The van der Waals surface area contributed by atoms with Crippen LogP contribution < -0.4 is 4.72 Å². The lowest BCUT2D eigenvalue weighted by atomic mass is 9.91. The van der Waals surface area contributed by atoms with E-state index in [-0.39, 0.29) is 11.8 Å². The molecule has 2 atom stereocenters. The number of rotatable bonds is 7.